The summed E-state index contributed by atoms with van der Waals surface area (Å²) < 4.78 is 0. The van der Waals surface area contributed by atoms with Gasteiger partial charge in [-0.05, 0) is 17.7 Å². The Bertz CT molecular complexity index is 815. The van der Waals surface area contributed by atoms with Crippen LogP contribution in [0.1, 0.15) is 18.9 Å². The van der Waals surface area contributed by atoms with Crippen molar-refractivity contribution >= 4 is 28.9 Å². The highest BCUT2D eigenvalue weighted by Crippen LogP contribution is 2.18. The van der Waals surface area contributed by atoms with Crippen molar-refractivity contribution in [2.45, 2.75) is 13.3 Å². The molecule has 1 aromatic carbocycles. The van der Waals surface area contributed by atoms with Crippen LogP contribution in [-0.4, -0.2) is 54.2 Å². The molecule has 1 unspecified atom stereocenters. The van der Waals surface area contributed by atoms with E-state index in [1.165, 1.54) is 0 Å². The first-order valence-corrected chi connectivity index (χ1v) is 8.83. The molecule has 27 heavy (non-hydrogen) atoms. The Morgan fingerprint density at radius 3 is 2.70 bits per heavy atom. The average Bonchev–Trinajstić information content (AvgIpc) is 2.69. The van der Waals surface area contributed by atoms with Gasteiger partial charge in [0.15, 0.2) is 5.84 Å². The summed E-state index contributed by atoms with van der Waals surface area (Å²) >= 11 is 0. The molecule has 1 fully saturated rings. The maximum absolute atomic E-state index is 11.4. The third-order valence-corrected chi connectivity index (χ3v) is 4.50. The van der Waals surface area contributed by atoms with E-state index < -0.39 is 0 Å². The summed E-state index contributed by atoms with van der Waals surface area (Å²) in [5.74, 6) is 0.111. The molecule has 2 aliphatic heterocycles. The molecule has 0 saturated carbocycles. The minimum atomic E-state index is -0.0742. The number of piperazine rings is 1. The van der Waals surface area contributed by atoms with Gasteiger partial charge in [-0.15, -0.1) is 0 Å². The molecule has 1 atom stereocenters. The molecule has 0 radical (unpaired) electrons. The lowest BCUT2D eigenvalue weighted by Gasteiger charge is -2.28. The Hall–Kier alpha value is -3.25. The normalized spacial score (nSPS) is 20.4. The van der Waals surface area contributed by atoms with Crippen molar-refractivity contribution in [3.8, 4) is 6.07 Å². The zero-order valence-corrected chi connectivity index (χ0v) is 15.1. The number of nitrogens with one attached hydrogen (secondary N) is 4. The van der Waals surface area contributed by atoms with E-state index in [0.29, 0.717) is 25.2 Å². The molecule has 2 heterocycles. The van der Waals surface area contributed by atoms with Gasteiger partial charge in [-0.25, -0.2) is 5.43 Å². The van der Waals surface area contributed by atoms with Gasteiger partial charge in [0.2, 0.25) is 11.6 Å². The number of hydrogen-bond donors (Lipinski definition) is 4. The van der Waals surface area contributed by atoms with E-state index in [1.54, 1.807) is 0 Å². The summed E-state index contributed by atoms with van der Waals surface area (Å²) in [7, 11) is 0. The van der Waals surface area contributed by atoms with Gasteiger partial charge in [0.1, 0.15) is 6.07 Å². The summed E-state index contributed by atoms with van der Waals surface area (Å²) in [4.78, 5) is 13.2. The van der Waals surface area contributed by atoms with E-state index >= 15 is 0 Å². The molecule has 4 N–H and O–H groups in total. The highest BCUT2D eigenvalue weighted by Gasteiger charge is 2.21. The zero-order chi connectivity index (χ0) is 19.2. The third kappa shape index (κ3) is 4.48. The van der Waals surface area contributed by atoms with Gasteiger partial charge in [0.25, 0.3) is 0 Å². The second-order valence-corrected chi connectivity index (χ2v) is 6.48. The first-order valence-electron chi connectivity index (χ1n) is 8.83. The molecule has 2 aliphatic rings. The molecule has 1 aromatic rings. The molecule has 0 aliphatic carbocycles. The Morgan fingerprint density at radius 1 is 1.37 bits per heavy atom. The number of rotatable bonds is 4. The fourth-order valence-corrected chi connectivity index (χ4v) is 3.01. The molecule has 9 nitrogen and oxygen atoms in total. The van der Waals surface area contributed by atoms with Crippen LogP contribution in [0.4, 0.5) is 5.69 Å². The van der Waals surface area contributed by atoms with E-state index in [0.717, 1.165) is 24.4 Å². The maximum atomic E-state index is 11.4. The van der Waals surface area contributed by atoms with Crippen molar-refractivity contribution in [3.63, 3.8) is 0 Å². The van der Waals surface area contributed by atoms with Gasteiger partial charge in [0.05, 0.1) is 11.4 Å². The average molecular weight is 366 g/mol. The van der Waals surface area contributed by atoms with E-state index in [2.05, 4.69) is 26.4 Å². The lowest BCUT2D eigenvalue weighted by atomic mass is 9.94. The third-order valence-electron chi connectivity index (χ3n) is 4.50. The van der Waals surface area contributed by atoms with Crippen molar-refractivity contribution in [1.29, 1.82) is 10.7 Å². The van der Waals surface area contributed by atoms with Crippen molar-refractivity contribution in [2.75, 3.05) is 31.6 Å². The Kier molecular flexibility index (Phi) is 5.78. The topological polar surface area (TPSA) is 129 Å². The van der Waals surface area contributed by atoms with Crippen LogP contribution in [0, 0.1) is 22.7 Å². The largest absolute Gasteiger partial charge is 0.352 e. The van der Waals surface area contributed by atoms with Gasteiger partial charge in [0, 0.05) is 38.5 Å². The molecule has 0 aromatic heterocycles. The summed E-state index contributed by atoms with van der Waals surface area (Å²) in [5, 5.41) is 28.9. The fraction of sp³-hybridized carbons (Fsp3) is 0.389. The highest BCUT2D eigenvalue weighted by molar-refractivity contribution is 6.46. The smallest absolute Gasteiger partial charge is 0.240 e. The first-order chi connectivity index (χ1) is 13.1. The van der Waals surface area contributed by atoms with Crippen LogP contribution < -0.4 is 16.2 Å². The lowest BCUT2D eigenvalue weighted by molar-refractivity contribution is -0.121. The Balaban J connectivity index is 1.67. The van der Waals surface area contributed by atoms with Crippen molar-refractivity contribution in [1.82, 2.24) is 15.6 Å². The highest BCUT2D eigenvalue weighted by atomic mass is 16.2. The minimum Gasteiger partial charge on any atom is -0.352 e. The van der Waals surface area contributed by atoms with Gasteiger partial charge in [-0.1, -0.05) is 19.1 Å². The number of amides is 1. The summed E-state index contributed by atoms with van der Waals surface area (Å²) in [5.41, 5.74) is 7.86. The number of nitriles is 1. The quantitative estimate of drug-likeness (QED) is 0.355. The Morgan fingerprint density at radius 2 is 2.07 bits per heavy atom. The van der Waals surface area contributed by atoms with Crippen LogP contribution in [-0.2, 0) is 4.79 Å². The number of carbonyl (C=O) groups is 1. The predicted molar refractivity (Wildman–Crippen MR) is 104 cm³/mol. The van der Waals surface area contributed by atoms with E-state index in [4.69, 9.17) is 5.41 Å². The van der Waals surface area contributed by atoms with Crippen LogP contribution in [0.25, 0.3) is 0 Å². The molecule has 9 heteroatoms. The standard InChI is InChI=1S/C18H22N8O/c1-12-10-16(27)24-25-17(12)13-2-4-14(5-3-13)22-23-15(11-19)18(20)26-8-6-21-7-9-26/h2-5,12,20-22H,6-10H2,1H3,(H,24,27). The SMILES string of the molecule is CC1CC(=O)NN=C1c1ccc(NN=C(C#N)C(=N)N2CCNCC2)cc1. The van der Waals surface area contributed by atoms with E-state index in [9.17, 15) is 10.1 Å². The van der Waals surface area contributed by atoms with Crippen LogP contribution in [0.5, 0.6) is 0 Å². The molecule has 0 bridgehead atoms. The monoisotopic (exact) mass is 366 g/mol. The fourth-order valence-electron chi connectivity index (χ4n) is 3.01. The molecular formula is C18H22N8O. The molecule has 1 saturated heterocycles. The number of amidine groups is 1. The molecule has 140 valence electrons. The predicted octanol–water partition coefficient (Wildman–Crippen LogP) is 0.721. The van der Waals surface area contributed by atoms with Crippen molar-refractivity contribution in [2.24, 2.45) is 16.1 Å². The number of benzene rings is 1. The van der Waals surface area contributed by atoms with E-state index in [-0.39, 0.29) is 23.4 Å². The van der Waals surface area contributed by atoms with Crippen molar-refractivity contribution in [3.05, 3.63) is 29.8 Å². The van der Waals surface area contributed by atoms with Crippen LogP contribution in [0.3, 0.4) is 0 Å². The molecule has 1 amide bonds. The second kappa shape index (κ2) is 8.42. The zero-order valence-electron chi connectivity index (χ0n) is 15.1. The summed E-state index contributed by atoms with van der Waals surface area (Å²) in [6, 6.07) is 9.41. The minimum absolute atomic E-state index is 0.0500. The van der Waals surface area contributed by atoms with Gasteiger partial charge >= 0.3 is 0 Å². The first kappa shape index (κ1) is 18.5. The number of hydrogen-bond acceptors (Lipinski definition) is 7. The van der Waals surface area contributed by atoms with Crippen LogP contribution >= 0.6 is 0 Å². The van der Waals surface area contributed by atoms with Gasteiger partial charge < -0.3 is 10.2 Å². The Labute approximate surface area is 157 Å². The number of anilines is 1. The second-order valence-electron chi connectivity index (χ2n) is 6.48. The van der Waals surface area contributed by atoms with Crippen LogP contribution in [0.2, 0.25) is 0 Å². The maximum Gasteiger partial charge on any atom is 0.240 e. The number of carbonyl (C=O) groups excluding carboxylic acids is 1. The van der Waals surface area contributed by atoms with Gasteiger partial charge in [-0.3, -0.25) is 15.6 Å². The van der Waals surface area contributed by atoms with Crippen LogP contribution in [0.15, 0.2) is 34.5 Å². The van der Waals surface area contributed by atoms with Crippen molar-refractivity contribution < 1.29 is 4.79 Å². The summed E-state index contributed by atoms with van der Waals surface area (Å²) in [6.45, 7) is 4.92. The van der Waals surface area contributed by atoms with E-state index in [1.807, 2.05) is 42.2 Å². The summed E-state index contributed by atoms with van der Waals surface area (Å²) in [6.07, 6.45) is 0.419. The number of hydrazone groups is 2. The molecule has 0 spiro atoms. The molecular weight excluding hydrogens is 344 g/mol. The molecule has 3 rings (SSSR count). The number of nitrogens with zero attached hydrogens (tertiary/aromatic N) is 4. The van der Waals surface area contributed by atoms with Gasteiger partial charge in [-0.2, -0.15) is 15.5 Å². The lowest BCUT2D eigenvalue weighted by Crippen LogP contribution is -2.48.